The van der Waals surface area contributed by atoms with E-state index in [1.54, 1.807) is 0 Å². The SMILES string of the molecule is Cc1[c-]ccc2c1Cc1ccccc1-2.Cc1[c-]ccc2c1Cc1ccccc1-2.[Cl-].[Cl-].[Zr+4].c1ccc([SiH]c2ccccc2)cc1. The third-order valence-corrected chi connectivity index (χ3v) is 9.37. The van der Waals surface area contributed by atoms with Gasteiger partial charge >= 0.3 is 26.2 Å². The van der Waals surface area contributed by atoms with Crippen LogP contribution < -0.4 is 35.2 Å². The number of fused-ring (bicyclic) bond motifs is 6. The van der Waals surface area contributed by atoms with Crippen LogP contribution in [0.3, 0.4) is 0 Å². The van der Waals surface area contributed by atoms with Crippen molar-refractivity contribution in [3.63, 3.8) is 0 Å². The van der Waals surface area contributed by atoms with Gasteiger partial charge in [0.2, 0.25) is 0 Å². The fourth-order valence-electron chi connectivity index (χ4n) is 5.79. The maximum atomic E-state index is 3.27. The predicted molar refractivity (Wildman–Crippen MR) is 176 cm³/mol. The average molecular weight is 704 g/mol. The molecule has 8 rings (SSSR count). The molecule has 0 atom stereocenters. The molecule has 0 fully saturated rings. The van der Waals surface area contributed by atoms with E-state index < -0.39 is 0 Å². The molecule has 4 heteroatoms. The van der Waals surface area contributed by atoms with Gasteiger partial charge in [0.25, 0.3) is 0 Å². The first-order valence-electron chi connectivity index (χ1n) is 14.3. The molecule has 0 nitrogen and oxygen atoms in total. The van der Waals surface area contributed by atoms with Gasteiger partial charge in [-0.15, -0.1) is 22.3 Å². The zero-order valence-electron chi connectivity index (χ0n) is 24.9. The van der Waals surface area contributed by atoms with E-state index in [1.807, 2.05) is 12.1 Å². The van der Waals surface area contributed by atoms with E-state index in [0.29, 0.717) is 0 Å². The van der Waals surface area contributed by atoms with Crippen molar-refractivity contribution < 1.29 is 51.0 Å². The quantitative estimate of drug-likeness (QED) is 0.191. The van der Waals surface area contributed by atoms with Gasteiger partial charge in [0.15, 0.2) is 0 Å². The molecule has 6 aromatic carbocycles. The Morgan fingerprint density at radius 1 is 0.455 bits per heavy atom. The molecule has 6 aromatic rings. The second-order valence-corrected chi connectivity index (χ2v) is 12.2. The molecule has 0 heterocycles. The second-order valence-electron chi connectivity index (χ2n) is 10.6. The van der Waals surface area contributed by atoms with Gasteiger partial charge in [-0.05, 0) is 35.1 Å². The summed E-state index contributed by atoms with van der Waals surface area (Å²) in [5, 5.41) is 2.90. The molecule has 44 heavy (non-hydrogen) atoms. The molecule has 2 aliphatic rings. The normalized spacial score (nSPS) is 10.8. The van der Waals surface area contributed by atoms with Gasteiger partial charge in [0.05, 0.1) is 0 Å². The predicted octanol–water partition coefficient (Wildman–Crippen LogP) is 1.81. The molecule has 0 saturated heterocycles. The Morgan fingerprint density at radius 3 is 1.23 bits per heavy atom. The summed E-state index contributed by atoms with van der Waals surface area (Å²) in [4.78, 5) is 0. The Hall–Kier alpha value is -3.00. The van der Waals surface area contributed by atoms with E-state index >= 15 is 0 Å². The molecule has 1 radical (unpaired) electrons. The van der Waals surface area contributed by atoms with Gasteiger partial charge in [-0.2, -0.15) is 47.5 Å². The Bertz CT molecular complexity index is 1650. The van der Waals surface area contributed by atoms with E-state index in [9.17, 15) is 0 Å². The van der Waals surface area contributed by atoms with Crippen LogP contribution in [0.4, 0.5) is 0 Å². The first-order chi connectivity index (χ1) is 20.2. The maximum Gasteiger partial charge on any atom is 4.00 e. The van der Waals surface area contributed by atoms with Gasteiger partial charge in [0, 0.05) is 0 Å². The zero-order chi connectivity index (χ0) is 28.0. The van der Waals surface area contributed by atoms with Crippen LogP contribution in [0.5, 0.6) is 0 Å². The largest absolute Gasteiger partial charge is 4.00 e. The first kappa shape index (κ1) is 35.5. The standard InChI is InChI=1S/2C14H11.C12H11Si.2ClH.Zr/c2*1-10-5-4-8-13-12-7-3-2-6-11(12)9-14(10)13;1-3-7-11(8-4-1)13-12-9-5-2-6-10-12;;;/h2*2-4,6-8H,9H2,1H3;1-10,13H;2*1H;/q2*-1;;;;+4/p-2. The third-order valence-electron chi connectivity index (χ3n) is 7.94. The Morgan fingerprint density at radius 2 is 0.818 bits per heavy atom. The number of hydrogen-bond donors (Lipinski definition) is 0. The van der Waals surface area contributed by atoms with Crippen LogP contribution in [0, 0.1) is 26.0 Å². The summed E-state index contributed by atoms with van der Waals surface area (Å²) >= 11 is 0. The van der Waals surface area contributed by atoms with Gasteiger partial charge in [-0.25, -0.2) is 0 Å². The summed E-state index contributed by atoms with van der Waals surface area (Å²) in [6.45, 7) is 4.29. The number of benzene rings is 6. The molecular formula is C40H33Cl2SiZr. The summed E-state index contributed by atoms with van der Waals surface area (Å²) in [5.74, 6) is 0. The molecule has 0 amide bonds. The molecule has 0 unspecified atom stereocenters. The van der Waals surface area contributed by atoms with Gasteiger partial charge in [-0.1, -0.05) is 133 Å². The van der Waals surface area contributed by atoms with Crippen LogP contribution in [-0.4, -0.2) is 9.52 Å². The topological polar surface area (TPSA) is 0 Å². The van der Waals surface area contributed by atoms with Crippen LogP contribution in [0.1, 0.15) is 33.4 Å². The minimum absolute atomic E-state index is 0. The minimum Gasteiger partial charge on any atom is -1.00 e. The monoisotopic (exact) mass is 701 g/mol. The van der Waals surface area contributed by atoms with E-state index in [4.69, 9.17) is 0 Å². The van der Waals surface area contributed by atoms with Crippen LogP contribution in [0.25, 0.3) is 22.3 Å². The summed E-state index contributed by atoms with van der Waals surface area (Å²) in [7, 11) is 0.271. The van der Waals surface area contributed by atoms with Gasteiger partial charge < -0.3 is 24.8 Å². The summed E-state index contributed by atoms with van der Waals surface area (Å²) in [6, 6.07) is 53.6. The first-order valence-corrected chi connectivity index (χ1v) is 15.4. The number of hydrogen-bond acceptors (Lipinski definition) is 0. The van der Waals surface area contributed by atoms with Crippen LogP contribution in [0.15, 0.2) is 133 Å². The number of aryl methyl sites for hydroxylation is 2. The summed E-state index contributed by atoms with van der Waals surface area (Å²) in [5.41, 5.74) is 14.0. The van der Waals surface area contributed by atoms with E-state index in [1.165, 1.54) is 66.0 Å². The van der Waals surface area contributed by atoms with Crippen molar-refractivity contribution in [2.24, 2.45) is 0 Å². The van der Waals surface area contributed by atoms with Crippen molar-refractivity contribution in [3.8, 4) is 22.3 Å². The van der Waals surface area contributed by atoms with Crippen molar-refractivity contribution in [3.05, 3.63) is 179 Å². The molecule has 0 aromatic heterocycles. The van der Waals surface area contributed by atoms with Crippen molar-refractivity contribution in [2.45, 2.75) is 26.7 Å². The number of rotatable bonds is 2. The molecule has 0 N–H and O–H groups in total. The maximum absolute atomic E-state index is 3.27. The third kappa shape index (κ3) is 8.17. The van der Waals surface area contributed by atoms with E-state index in [0.717, 1.165) is 12.8 Å². The Kier molecular flexibility index (Phi) is 13.6. The van der Waals surface area contributed by atoms with Crippen molar-refractivity contribution >= 4 is 19.9 Å². The van der Waals surface area contributed by atoms with Crippen LogP contribution in [-0.2, 0) is 39.0 Å². The Labute approximate surface area is 296 Å². The zero-order valence-corrected chi connectivity index (χ0v) is 30.1. The van der Waals surface area contributed by atoms with Crippen molar-refractivity contribution in [1.82, 2.24) is 0 Å². The fourth-order valence-corrected chi connectivity index (χ4v) is 7.00. The molecule has 0 bridgehead atoms. The van der Waals surface area contributed by atoms with Gasteiger partial charge in [0.1, 0.15) is 9.52 Å². The smallest absolute Gasteiger partial charge is 1.00 e. The molecule has 215 valence electrons. The fraction of sp³-hybridized carbons (Fsp3) is 0.100. The number of halogens is 2. The molecule has 0 aliphatic heterocycles. The Balaban J connectivity index is 0.000000175. The molecule has 2 aliphatic carbocycles. The molecule has 0 spiro atoms. The van der Waals surface area contributed by atoms with Crippen LogP contribution in [0.2, 0.25) is 0 Å². The molecule has 0 saturated carbocycles. The molecular weight excluding hydrogens is 671 g/mol. The van der Waals surface area contributed by atoms with Crippen molar-refractivity contribution in [1.29, 1.82) is 0 Å². The average Bonchev–Trinajstić information content (AvgIpc) is 3.60. The van der Waals surface area contributed by atoms with Gasteiger partial charge in [-0.3, -0.25) is 0 Å². The van der Waals surface area contributed by atoms with Crippen LogP contribution >= 0.6 is 0 Å². The second kappa shape index (κ2) is 16.9. The summed E-state index contributed by atoms with van der Waals surface area (Å²) in [6.07, 6.45) is 2.16. The minimum atomic E-state index is 0. The van der Waals surface area contributed by atoms with E-state index in [-0.39, 0.29) is 60.5 Å². The summed E-state index contributed by atoms with van der Waals surface area (Å²) < 4.78 is 0. The van der Waals surface area contributed by atoms with Crippen molar-refractivity contribution in [2.75, 3.05) is 0 Å². The van der Waals surface area contributed by atoms with E-state index in [2.05, 4.69) is 147 Å².